The summed E-state index contributed by atoms with van der Waals surface area (Å²) in [6.07, 6.45) is 1.41. The SMILES string of the molecule is COC(=O)C12CCCN1C(C)=C(C#N)C2C#N. The predicted octanol–water partition coefficient (Wildman–Crippen LogP) is 0.945. The minimum Gasteiger partial charge on any atom is -0.467 e. The van der Waals surface area contributed by atoms with E-state index in [1.807, 2.05) is 4.90 Å². The first kappa shape index (κ1) is 11.5. The third kappa shape index (κ3) is 1.20. The minimum atomic E-state index is -0.960. The maximum atomic E-state index is 12.0. The molecule has 2 rings (SSSR count). The summed E-state index contributed by atoms with van der Waals surface area (Å²) in [6.45, 7) is 2.49. The van der Waals surface area contributed by atoms with Gasteiger partial charge >= 0.3 is 5.97 Å². The summed E-state index contributed by atoms with van der Waals surface area (Å²) >= 11 is 0. The molecule has 0 amide bonds. The van der Waals surface area contributed by atoms with E-state index in [2.05, 4.69) is 12.1 Å². The molecular weight excluding hydrogens is 218 g/mol. The second-order valence-electron chi connectivity index (χ2n) is 4.34. The lowest BCUT2D eigenvalue weighted by atomic mass is 9.81. The molecule has 2 heterocycles. The van der Waals surface area contributed by atoms with Crippen molar-refractivity contribution in [2.75, 3.05) is 13.7 Å². The molecule has 17 heavy (non-hydrogen) atoms. The Balaban J connectivity index is 2.57. The third-order valence-electron chi connectivity index (χ3n) is 3.77. The van der Waals surface area contributed by atoms with Crippen LogP contribution in [0.2, 0.25) is 0 Å². The Kier molecular flexibility index (Phi) is 2.55. The highest BCUT2D eigenvalue weighted by Gasteiger charge is 2.60. The molecule has 0 bridgehead atoms. The molecule has 0 aromatic rings. The Morgan fingerprint density at radius 3 is 2.82 bits per heavy atom. The smallest absolute Gasteiger partial charge is 0.333 e. The Bertz CT molecular complexity index is 483. The number of carbonyl (C=O) groups is 1. The number of esters is 1. The standard InChI is InChI=1S/C12H13N3O2/c1-8-9(6-13)10(7-14)12(11(16)17-2)4-3-5-15(8)12/h10H,3-5H2,1-2H3. The van der Waals surface area contributed by atoms with Gasteiger partial charge in [0.15, 0.2) is 5.54 Å². The van der Waals surface area contributed by atoms with Crippen molar-refractivity contribution in [3.63, 3.8) is 0 Å². The summed E-state index contributed by atoms with van der Waals surface area (Å²) in [5, 5.41) is 18.4. The van der Waals surface area contributed by atoms with Gasteiger partial charge in [-0.25, -0.2) is 4.79 Å². The topological polar surface area (TPSA) is 77.1 Å². The van der Waals surface area contributed by atoms with Crippen LogP contribution < -0.4 is 0 Å². The molecule has 5 heteroatoms. The van der Waals surface area contributed by atoms with Crippen LogP contribution in [0.25, 0.3) is 0 Å². The van der Waals surface area contributed by atoms with Crippen molar-refractivity contribution in [3.8, 4) is 12.1 Å². The van der Waals surface area contributed by atoms with Crippen LogP contribution in [-0.4, -0.2) is 30.1 Å². The van der Waals surface area contributed by atoms with Crippen molar-refractivity contribution < 1.29 is 9.53 Å². The highest BCUT2D eigenvalue weighted by Crippen LogP contribution is 2.48. The summed E-state index contributed by atoms with van der Waals surface area (Å²) in [5.74, 6) is -1.12. The van der Waals surface area contributed by atoms with Gasteiger partial charge in [-0.05, 0) is 19.8 Å². The van der Waals surface area contributed by atoms with Gasteiger partial charge in [0.1, 0.15) is 5.92 Å². The zero-order valence-electron chi connectivity index (χ0n) is 9.86. The summed E-state index contributed by atoms with van der Waals surface area (Å²) in [6, 6.07) is 4.15. The Labute approximate surface area is 99.9 Å². The summed E-state index contributed by atoms with van der Waals surface area (Å²) < 4.78 is 4.84. The van der Waals surface area contributed by atoms with E-state index in [1.54, 1.807) is 6.92 Å². The zero-order valence-corrected chi connectivity index (χ0v) is 9.86. The van der Waals surface area contributed by atoms with Crippen molar-refractivity contribution in [2.24, 2.45) is 5.92 Å². The second kappa shape index (κ2) is 3.78. The number of hydrogen-bond donors (Lipinski definition) is 0. The molecule has 0 saturated carbocycles. The average molecular weight is 231 g/mol. The van der Waals surface area contributed by atoms with E-state index in [-0.39, 0.29) is 0 Å². The number of nitrogens with zero attached hydrogens (tertiary/aromatic N) is 3. The number of hydrogen-bond acceptors (Lipinski definition) is 5. The lowest BCUT2D eigenvalue weighted by molar-refractivity contribution is -0.152. The first-order valence-electron chi connectivity index (χ1n) is 5.50. The molecule has 2 aliphatic heterocycles. The Morgan fingerprint density at radius 2 is 2.29 bits per heavy atom. The lowest BCUT2D eigenvalue weighted by Crippen LogP contribution is -2.51. The molecule has 0 N–H and O–H groups in total. The van der Waals surface area contributed by atoms with E-state index < -0.39 is 17.4 Å². The summed E-state index contributed by atoms with van der Waals surface area (Å²) in [5.41, 5.74) is 0.179. The monoisotopic (exact) mass is 231 g/mol. The summed E-state index contributed by atoms with van der Waals surface area (Å²) in [4.78, 5) is 13.9. The van der Waals surface area contributed by atoms with Gasteiger partial charge in [-0.3, -0.25) is 0 Å². The van der Waals surface area contributed by atoms with E-state index in [1.165, 1.54) is 7.11 Å². The van der Waals surface area contributed by atoms with E-state index in [4.69, 9.17) is 10.00 Å². The lowest BCUT2D eigenvalue weighted by Gasteiger charge is -2.33. The van der Waals surface area contributed by atoms with Gasteiger partial charge in [0, 0.05) is 12.2 Å². The molecule has 2 atom stereocenters. The first-order valence-corrected chi connectivity index (χ1v) is 5.50. The van der Waals surface area contributed by atoms with E-state index in [0.717, 1.165) is 12.1 Å². The van der Waals surface area contributed by atoms with Crippen molar-refractivity contribution in [1.82, 2.24) is 4.90 Å². The van der Waals surface area contributed by atoms with Gasteiger partial charge in [-0.15, -0.1) is 0 Å². The van der Waals surface area contributed by atoms with Crippen LogP contribution in [0.3, 0.4) is 0 Å². The van der Waals surface area contributed by atoms with Gasteiger partial charge in [0.2, 0.25) is 0 Å². The van der Waals surface area contributed by atoms with Gasteiger partial charge in [-0.2, -0.15) is 10.5 Å². The highest BCUT2D eigenvalue weighted by atomic mass is 16.5. The Hall–Kier alpha value is -2.01. The molecule has 0 radical (unpaired) electrons. The van der Waals surface area contributed by atoms with Crippen LogP contribution in [0.5, 0.6) is 0 Å². The molecule has 0 aromatic heterocycles. The van der Waals surface area contributed by atoms with Gasteiger partial charge in [0.05, 0.1) is 24.8 Å². The molecule has 5 nitrogen and oxygen atoms in total. The molecule has 2 aliphatic rings. The van der Waals surface area contributed by atoms with Crippen LogP contribution in [0, 0.1) is 28.6 Å². The quantitative estimate of drug-likeness (QED) is 0.628. The average Bonchev–Trinajstić information content (AvgIpc) is 2.86. The molecule has 0 aliphatic carbocycles. The van der Waals surface area contributed by atoms with Crippen LogP contribution in [0.15, 0.2) is 11.3 Å². The van der Waals surface area contributed by atoms with Gasteiger partial charge in [-0.1, -0.05) is 0 Å². The number of nitriles is 2. The van der Waals surface area contributed by atoms with Gasteiger partial charge < -0.3 is 9.64 Å². The van der Waals surface area contributed by atoms with Crippen molar-refractivity contribution in [2.45, 2.75) is 25.3 Å². The number of ether oxygens (including phenoxy) is 1. The van der Waals surface area contributed by atoms with Gasteiger partial charge in [0.25, 0.3) is 0 Å². The fourth-order valence-corrected chi connectivity index (χ4v) is 3.02. The number of allylic oxidation sites excluding steroid dienone is 1. The number of methoxy groups -OCH3 is 1. The molecule has 88 valence electrons. The fraction of sp³-hybridized carbons (Fsp3) is 0.583. The maximum absolute atomic E-state index is 12.0. The van der Waals surface area contributed by atoms with Crippen LogP contribution in [0.4, 0.5) is 0 Å². The number of carbonyl (C=O) groups excluding carboxylic acids is 1. The number of rotatable bonds is 1. The highest BCUT2D eigenvalue weighted by molar-refractivity contribution is 5.85. The fourth-order valence-electron chi connectivity index (χ4n) is 3.02. The van der Waals surface area contributed by atoms with Crippen LogP contribution in [0.1, 0.15) is 19.8 Å². The zero-order chi connectivity index (χ0) is 12.6. The minimum absolute atomic E-state index is 0.401. The van der Waals surface area contributed by atoms with Crippen LogP contribution in [-0.2, 0) is 9.53 Å². The molecule has 1 saturated heterocycles. The van der Waals surface area contributed by atoms with E-state index in [0.29, 0.717) is 18.5 Å². The van der Waals surface area contributed by atoms with Crippen molar-refractivity contribution >= 4 is 5.97 Å². The van der Waals surface area contributed by atoms with Crippen molar-refractivity contribution in [1.29, 1.82) is 10.5 Å². The Morgan fingerprint density at radius 1 is 1.59 bits per heavy atom. The molecule has 2 unspecified atom stereocenters. The van der Waals surface area contributed by atoms with E-state index >= 15 is 0 Å². The molecule has 0 aromatic carbocycles. The summed E-state index contributed by atoms with van der Waals surface area (Å²) in [7, 11) is 1.32. The van der Waals surface area contributed by atoms with Crippen LogP contribution >= 0.6 is 0 Å². The predicted molar refractivity (Wildman–Crippen MR) is 58.1 cm³/mol. The normalized spacial score (nSPS) is 30.8. The van der Waals surface area contributed by atoms with Crippen molar-refractivity contribution in [3.05, 3.63) is 11.3 Å². The number of fused-ring (bicyclic) bond motifs is 1. The molecule has 1 fully saturated rings. The molecule has 0 spiro atoms. The first-order chi connectivity index (χ1) is 8.13. The maximum Gasteiger partial charge on any atom is 0.333 e. The second-order valence-corrected chi connectivity index (χ2v) is 4.34. The molecular formula is C12H13N3O2. The van der Waals surface area contributed by atoms with E-state index in [9.17, 15) is 10.1 Å². The largest absolute Gasteiger partial charge is 0.467 e. The third-order valence-corrected chi connectivity index (χ3v) is 3.77.